The molecule has 1 N–H and O–H groups in total. The first kappa shape index (κ1) is 11.9. The molecule has 0 aromatic carbocycles. The van der Waals surface area contributed by atoms with Gasteiger partial charge in [-0.05, 0) is 12.0 Å². The van der Waals surface area contributed by atoms with Crippen LogP contribution in [0.15, 0.2) is 12.2 Å². The maximum absolute atomic E-state index is 9.89. The Hall–Kier alpha value is -0.0831. The van der Waals surface area contributed by atoms with Crippen LogP contribution in [0.1, 0.15) is 27.7 Å². The fourth-order valence-corrected chi connectivity index (χ4v) is 2.43. The van der Waals surface area contributed by atoms with Gasteiger partial charge in [0.1, 0.15) is 0 Å². The molecule has 0 aliphatic carbocycles. The van der Waals surface area contributed by atoms with Crippen molar-refractivity contribution in [3.8, 4) is 0 Å². The minimum Gasteiger partial charge on any atom is -0.393 e. The molecule has 72 valence electrons. The van der Waals surface area contributed by atoms with Gasteiger partial charge in [-0.15, -0.1) is 0 Å². The average Bonchev–Trinajstić information content (AvgIpc) is 1.85. The minimum absolute atomic E-state index is 0.220. The number of rotatable bonds is 2. The van der Waals surface area contributed by atoms with Crippen molar-refractivity contribution >= 4 is 8.07 Å². The zero-order valence-electron chi connectivity index (χ0n) is 9.18. The molecule has 0 saturated heterocycles. The fraction of sp³-hybridized carbons (Fsp3) is 0.800. The van der Waals surface area contributed by atoms with Crippen LogP contribution in [0.5, 0.6) is 0 Å². The van der Waals surface area contributed by atoms with E-state index in [4.69, 9.17) is 0 Å². The Kier molecular flexibility index (Phi) is 3.73. The summed E-state index contributed by atoms with van der Waals surface area (Å²) < 4.78 is 0. The molecule has 0 fully saturated rings. The maximum Gasteiger partial charge on any atom is 0.0914 e. The number of allylic oxidation sites excluding steroid dienone is 1. The quantitative estimate of drug-likeness (QED) is 0.519. The highest BCUT2D eigenvalue weighted by Gasteiger charge is 2.40. The normalized spacial score (nSPS) is 16.9. The van der Waals surface area contributed by atoms with Crippen LogP contribution < -0.4 is 0 Å². The third kappa shape index (κ3) is 2.46. The maximum atomic E-state index is 9.89. The first-order chi connectivity index (χ1) is 5.23. The van der Waals surface area contributed by atoms with Crippen LogP contribution in [0.2, 0.25) is 18.1 Å². The lowest BCUT2D eigenvalue weighted by molar-refractivity contribution is 0.284. The van der Waals surface area contributed by atoms with E-state index in [1.165, 1.54) is 0 Å². The van der Waals surface area contributed by atoms with Gasteiger partial charge in [0.05, 0.1) is 13.8 Å². The number of hydrogen-bond acceptors (Lipinski definition) is 1. The van der Waals surface area contributed by atoms with Gasteiger partial charge in [0.25, 0.3) is 0 Å². The predicted octanol–water partition coefficient (Wildman–Crippen LogP) is 2.97. The van der Waals surface area contributed by atoms with Crippen molar-refractivity contribution in [2.45, 2.75) is 51.6 Å². The van der Waals surface area contributed by atoms with E-state index < -0.39 is 8.07 Å². The summed E-state index contributed by atoms with van der Waals surface area (Å²) in [4.78, 5) is 0. The summed E-state index contributed by atoms with van der Waals surface area (Å²) >= 11 is 0. The van der Waals surface area contributed by atoms with Crippen LogP contribution in [-0.2, 0) is 0 Å². The van der Waals surface area contributed by atoms with Crippen molar-refractivity contribution in [2.24, 2.45) is 0 Å². The molecule has 0 amide bonds. The van der Waals surface area contributed by atoms with Crippen molar-refractivity contribution in [2.75, 3.05) is 0 Å². The Morgan fingerprint density at radius 2 is 1.67 bits per heavy atom. The van der Waals surface area contributed by atoms with Gasteiger partial charge in [0.15, 0.2) is 0 Å². The molecule has 1 atom stereocenters. The summed E-state index contributed by atoms with van der Waals surface area (Å²) in [6.07, 6.45) is 3.85. The van der Waals surface area contributed by atoms with Crippen molar-refractivity contribution in [3.05, 3.63) is 12.2 Å². The van der Waals surface area contributed by atoms with E-state index in [0.717, 1.165) is 0 Å². The lowest BCUT2D eigenvalue weighted by Crippen LogP contribution is -2.48. The second kappa shape index (κ2) is 3.75. The van der Waals surface area contributed by atoms with Crippen LogP contribution in [0, 0.1) is 0 Å². The Bertz CT molecular complexity index is 165. The molecule has 0 aromatic rings. The molecule has 0 bridgehead atoms. The molecule has 1 nitrogen and oxygen atoms in total. The second-order valence-electron chi connectivity index (χ2n) is 4.94. The molecule has 0 heterocycles. The summed E-state index contributed by atoms with van der Waals surface area (Å²) in [6.45, 7) is 13.1. The van der Waals surface area contributed by atoms with E-state index >= 15 is 0 Å². The highest BCUT2D eigenvalue weighted by atomic mass is 28.3. The Morgan fingerprint density at radius 3 is 1.92 bits per heavy atom. The van der Waals surface area contributed by atoms with Gasteiger partial charge in [-0.25, -0.2) is 0 Å². The van der Waals surface area contributed by atoms with Gasteiger partial charge in [0, 0.05) is 0 Å². The van der Waals surface area contributed by atoms with Gasteiger partial charge in [-0.2, -0.15) is 0 Å². The van der Waals surface area contributed by atoms with E-state index in [2.05, 4.69) is 33.9 Å². The third-order valence-corrected chi connectivity index (χ3v) is 8.58. The van der Waals surface area contributed by atoms with Gasteiger partial charge in [0.2, 0.25) is 0 Å². The molecule has 0 aliphatic heterocycles. The lowest BCUT2D eigenvalue weighted by Gasteiger charge is -2.39. The molecule has 0 aliphatic rings. The highest BCUT2D eigenvalue weighted by molar-refractivity contribution is 6.81. The van der Waals surface area contributed by atoms with Crippen molar-refractivity contribution in [3.63, 3.8) is 0 Å². The van der Waals surface area contributed by atoms with Crippen molar-refractivity contribution < 1.29 is 5.11 Å². The summed E-state index contributed by atoms with van der Waals surface area (Å²) in [6, 6.07) is 0. The van der Waals surface area contributed by atoms with E-state index in [-0.39, 0.29) is 10.8 Å². The molecule has 0 aromatic heterocycles. The van der Waals surface area contributed by atoms with Crippen LogP contribution >= 0.6 is 0 Å². The Labute approximate surface area is 77.5 Å². The lowest BCUT2D eigenvalue weighted by atomic mass is 10.2. The molecule has 2 heteroatoms. The van der Waals surface area contributed by atoms with E-state index in [1.807, 2.05) is 19.1 Å². The zero-order valence-corrected chi connectivity index (χ0v) is 10.2. The third-order valence-electron chi connectivity index (χ3n) is 3.05. The zero-order chi connectivity index (χ0) is 9.99. The van der Waals surface area contributed by atoms with Gasteiger partial charge >= 0.3 is 0 Å². The monoisotopic (exact) mass is 186 g/mol. The topological polar surface area (TPSA) is 20.2 Å². The molecular formula is C10H22OSi. The van der Waals surface area contributed by atoms with Gasteiger partial charge in [-0.3, -0.25) is 0 Å². The van der Waals surface area contributed by atoms with Gasteiger partial charge < -0.3 is 5.11 Å². The van der Waals surface area contributed by atoms with Crippen molar-refractivity contribution in [1.82, 2.24) is 0 Å². The minimum atomic E-state index is -1.56. The summed E-state index contributed by atoms with van der Waals surface area (Å²) in [7, 11) is -1.56. The number of aliphatic hydroxyl groups is 1. The number of hydrogen-bond donors (Lipinski definition) is 1. The molecule has 12 heavy (non-hydrogen) atoms. The largest absolute Gasteiger partial charge is 0.393 e. The molecule has 1 unspecified atom stereocenters. The summed E-state index contributed by atoms with van der Waals surface area (Å²) in [5.41, 5.74) is -0.220. The molecule has 0 rings (SSSR count). The van der Waals surface area contributed by atoms with Crippen LogP contribution in [0.25, 0.3) is 0 Å². The standard InChI is InChI=1S/C10H22OSi/c1-7-8-9(11)12(5,6)10(2,3)4/h7-9,11H,1-6H3/b8-7-. The summed E-state index contributed by atoms with van der Waals surface area (Å²) in [5.74, 6) is 0. The predicted molar refractivity (Wildman–Crippen MR) is 58.0 cm³/mol. The van der Waals surface area contributed by atoms with Gasteiger partial charge in [-0.1, -0.05) is 46.0 Å². The van der Waals surface area contributed by atoms with Crippen molar-refractivity contribution in [1.29, 1.82) is 0 Å². The highest BCUT2D eigenvalue weighted by Crippen LogP contribution is 2.38. The van der Waals surface area contributed by atoms with E-state index in [9.17, 15) is 5.11 Å². The first-order valence-corrected chi connectivity index (χ1v) is 7.62. The Balaban J connectivity index is 4.61. The first-order valence-electron chi connectivity index (χ1n) is 4.54. The fourth-order valence-electron chi connectivity index (χ4n) is 0.867. The molecular weight excluding hydrogens is 164 g/mol. The molecule has 0 spiro atoms. The van der Waals surface area contributed by atoms with Crippen LogP contribution in [-0.4, -0.2) is 18.9 Å². The average molecular weight is 186 g/mol. The smallest absolute Gasteiger partial charge is 0.0914 e. The summed E-state index contributed by atoms with van der Waals surface area (Å²) in [5, 5.41) is 10.1. The van der Waals surface area contributed by atoms with E-state index in [0.29, 0.717) is 0 Å². The SMILES string of the molecule is C/C=C\C(O)[Si](C)(C)C(C)(C)C. The van der Waals surface area contributed by atoms with E-state index in [1.54, 1.807) is 0 Å². The van der Waals surface area contributed by atoms with Crippen LogP contribution in [0.3, 0.4) is 0 Å². The number of aliphatic hydroxyl groups excluding tert-OH is 1. The second-order valence-corrected chi connectivity index (χ2v) is 10.5. The Morgan fingerprint density at radius 1 is 1.25 bits per heavy atom. The molecule has 0 saturated carbocycles. The molecule has 0 radical (unpaired) electrons. The van der Waals surface area contributed by atoms with Crippen LogP contribution in [0.4, 0.5) is 0 Å².